The van der Waals surface area contributed by atoms with E-state index < -0.39 is 0 Å². The molecule has 4 heteroatoms. The lowest BCUT2D eigenvalue weighted by Gasteiger charge is -2.10. The highest BCUT2D eigenvalue weighted by Gasteiger charge is 2.05. The molecule has 0 unspecified atom stereocenters. The number of hydrogen-bond donors (Lipinski definition) is 2. The number of anilines is 1. The van der Waals surface area contributed by atoms with Gasteiger partial charge in [-0.1, -0.05) is 0 Å². The summed E-state index contributed by atoms with van der Waals surface area (Å²) in [6.07, 6.45) is 1.17. The van der Waals surface area contributed by atoms with Gasteiger partial charge in [-0.25, -0.2) is 0 Å². The maximum Gasteiger partial charge on any atom is 0.224 e. The molecule has 0 spiro atoms. The highest BCUT2D eigenvalue weighted by atomic mass is 16.5. The predicted octanol–water partition coefficient (Wildman–Crippen LogP) is 2.07. The fourth-order valence-electron chi connectivity index (χ4n) is 1.51. The van der Waals surface area contributed by atoms with Gasteiger partial charge >= 0.3 is 0 Å². The van der Waals surface area contributed by atoms with E-state index in [0.29, 0.717) is 26.0 Å². The van der Waals surface area contributed by atoms with Gasteiger partial charge in [0, 0.05) is 12.1 Å². The second kappa shape index (κ2) is 6.91. The third-order valence-corrected chi connectivity index (χ3v) is 2.39. The van der Waals surface area contributed by atoms with Crippen LogP contribution in [0.4, 0.5) is 5.69 Å². The molecule has 17 heavy (non-hydrogen) atoms. The second-order valence-electron chi connectivity index (χ2n) is 3.85. The lowest BCUT2D eigenvalue weighted by molar-refractivity contribution is -0.116. The van der Waals surface area contributed by atoms with Gasteiger partial charge in [0.15, 0.2) is 0 Å². The number of hydrogen-bond acceptors (Lipinski definition) is 3. The maximum atomic E-state index is 11.5. The zero-order valence-corrected chi connectivity index (χ0v) is 10.5. The van der Waals surface area contributed by atoms with Crippen LogP contribution in [-0.2, 0) is 4.79 Å². The first kappa shape index (κ1) is 13.5. The van der Waals surface area contributed by atoms with E-state index in [1.165, 1.54) is 0 Å². The molecule has 0 radical (unpaired) electrons. The molecule has 0 heterocycles. The zero-order valence-electron chi connectivity index (χ0n) is 10.5. The molecular formula is C13H20N2O2. The Kier molecular flexibility index (Phi) is 5.49. The summed E-state index contributed by atoms with van der Waals surface area (Å²) < 4.78 is 5.38. The zero-order chi connectivity index (χ0) is 12.7. The van der Waals surface area contributed by atoms with Crippen LogP contribution in [0.5, 0.6) is 5.75 Å². The molecule has 0 atom stereocenters. The number of carbonyl (C=O) groups excluding carboxylic acids is 1. The van der Waals surface area contributed by atoms with E-state index in [0.717, 1.165) is 17.0 Å². The molecule has 4 nitrogen and oxygen atoms in total. The Bertz CT molecular complexity index is 378. The number of nitrogens with two attached hydrogens (primary N) is 1. The first-order chi connectivity index (χ1) is 8.17. The Morgan fingerprint density at radius 1 is 1.47 bits per heavy atom. The van der Waals surface area contributed by atoms with Crippen LogP contribution in [0.25, 0.3) is 0 Å². The van der Waals surface area contributed by atoms with Crippen LogP contribution in [0.2, 0.25) is 0 Å². The quantitative estimate of drug-likeness (QED) is 0.794. The summed E-state index contributed by atoms with van der Waals surface area (Å²) in [4.78, 5) is 11.5. The number of nitrogens with one attached hydrogen (secondary N) is 1. The Morgan fingerprint density at radius 3 is 2.82 bits per heavy atom. The van der Waals surface area contributed by atoms with Crippen LogP contribution < -0.4 is 15.8 Å². The van der Waals surface area contributed by atoms with Crippen molar-refractivity contribution in [2.75, 3.05) is 18.5 Å². The minimum Gasteiger partial charge on any atom is -0.494 e. The van der Waals surface area contributed by atoms with E-state index in [-0.39, 0.29) is 5.91 Å². The number of rotatable bonds is 6. The molecule has 0 aromatic heterocycles. The van der Waals surface area contributed by atoms with Crippen LogP contribution in [0.3, 0.4) is 0 Å². The van der Waals surface area contributed by atoms with Crippen LogP contribution in [0.1, 0.15) is 25.3 Å². The van der Waals surface area contributed by atoms with E-state index in [1.54, 1.807) is 0 Å². The molecule has 0 aliphatic heterocycles. The van der Waals surface area contributed by atoms with Gasteiger partial charge in [-0.05, 0) is 50.6 Å². The topological polar surface area (TPSA) is 64.3 Å². The van der Waals surface area contributed by atoms with Gasteiger partial charge in [0.05, 0.1) is 6.61 Å². The minimum absolute atomic E-state index is 0.00251. The van der Waals surface area contributed by atoms with Gasteiger partial charge in [0.1, 0.15) is 5.75 Å². The van der Waals surface area contributed by atoms with Crippen molar-refractivity contribution in [3.8, 4) is 5.75 Å². The largest absolute Gasteiger partial charge is 0.494 e. The molecule has 0 bridgehead atoms. The molecule has 0 saturated heterocycles. The van der Waals surface area contributed by atoms with Gasteiger partial charge in [-0.15, -0.1) is 0 Å². The van der Waals surface area contributed by atoms with Crippen LogP contribution in [0, 0.1) is 6.92 Å². The van der Waals surface area contributed by atoms with E-state index >= 15 is 0 Å². The van der Waals surface area contributed by atoms with Crippen molar-refractivity contribution in [1.29, 1.82) is 0 Å². The summed E-state index contributed by atoms with van der Waals surface area (Å²) in [6.45, 7) is 5.07. The summed E-state index contributed by atoms with van der Waals surface area (Å²) in [5, 5.41) is 2.86. The molecule has 3 N–H and O–H groups in total. The number of amides is 1. The Hall–Kier alpha value is -1.55. The number of benzene rings is 1. The standard InChI is InChI=1S/C13H20N2O2/c1-3-17-11-6-7-12(10(2)9-11)15-13(16)5-4-8-14/h6-7,9H,3-5,8,14H2,1-2H3,(H,15,16). The molecule has 1 amide bonds. The fourth-order valence-corrected chi connectivity index (χ4v) is 1.51. The molecule has 1 rings (SSSR count). The van der Waals surface area contributed by atoms with E-state index in [1.807, 2.05) is 32.0 Å². The monoisotopic (exact) mass is 236 g/mol. The number of ether oxygens (including phenoxy) is 1. The van der Waals surface area contributed by atoms with Gasteiger partial charge in [0.25, 0.3) is 0 Å². The van der Waals surface area contributed by atoms with Gasteiger partial charge in [-0.2, -0.15) is 0 Å². The predicted molar refractivity (Wildman–Crippen MR) is 69.3 cm³/mol. The molecule has 0 fully saturated rings. The van der Waals surface area contributed by atoms with Crippen molar-refractivity contribution >= 4 is 11.6 Å². The van der Waals surface area contributed by atoms with Crippen molar-refractivity contribution in [2.45, 2.75) is 26.7 Å². The van der Waals surface area contributed by atoms with Gasteiger partial charge < -0.3 is 15.8 Å². The van der Waals surface area contributed by atoms with Gasteiger partial charge in [-0.3, -0.25) is 4.79 Å². The van der Waals surface area contributed by atoms with E-state index in [4.69, 9.17) is 10.5 Å². The average molecular weight is 236 g/mol. The Balaban J connectivity index is 2.62. The highest BCUT2D eigenvalue weighted by molar-refractivity contribution is 5.91. The summed E-state index contributed by atoms with van der Waals surface area (Å²) in [5.74, 6) is 0.827. The molecule has 0 aliphatic carbocycles. The van der Waals surface area contributed by atoms with Crippen molar-refractivity contribution < 1.29 is 9.53 Å². The SMILES string of the molecule is CCOc1ccc(NC(=O)CCCN)c(C)c1. The van der Waals surface area contributed by atoms with Crippen LogP contribution in [0.15, 0.2) is 18.2 Å². The van der Waals surface area contributed by atoms with Gasteiger partial charge in [0.2, 0.25) is 5.91 Å². The summed E-state index contributed by atoms with van der Waals surface area (Å²) in [7, 11) is 0. The molecule has 0 saturated carbocycles. The summed E-state index contributed by atoms with van der Waals surface area (Å²) in [5.41, 5.74) is 7.18. The first-order valence-electron chi connectivity index (χ1n) is 5.90. The number of aryl methyl sites for hydroxylation is 1. The molecular weight excluding hydrogens is 216 g/mol. The van der Waals surface area contributed by atoms with Crippen molar-refractivity contribution in [3.63, 3.8) is 0 Å². The second-order valence-corrected chi connectivity index (χ2v) is 3.85. The average Bonchev–Trinajstić information content (AvgIpc) is 2.30. The molecule has 94 valence electrons. The smallest absolute Gasteiger partial charge is 0.224 e. The number of carbonyl (C=O) groups is 1. The molecule has 1 aromatic carbocycles. The lowest BCUT2D eigenvalue weighted by atomic mass is 10.2. The normalized spacial score (nSPS) is 10.1. The van der Waals surface area contributed by atoms with Crippen molar-refractivity contribution in [3.05, 3.63) is 23.8 Å². The minimum atomic E-state index is 0.00251. The van der Waals surface area contributed by atoms with E-state index in [2.05, 4.69) is 5.32 Å². The maximum absolute atomic E-state index is 11.5. The molecule has 1 aromatic rings. The highest BCUT2D eigenvalue weighted by Crippen LogP contribution is 2.21. The molecule has 0 aliphatic rings. The fraction of sp³-hybridized carbons (Fsp3) is 0.462. The van der Waals surface area contributed by atoms with E-state index in [9.17, 15) is 4.79 Å². The summed E-state index contributed by atoms with van der Waals surface area (Å²) >= 11 is 0. The first-order valence-corrected chi connectivity index (χ1v) is 5.90. The lowest BCUT2D eigenvalue weighted by Crippen LogP contribution is -2.14. The van der Waals surface area contributed by atoms with Crippen LogP contribution >= 0.6 is 0 Å². The van der Waals surface area contributed by atoms with Crippen molar-refractivity contribution in [2.24, 2.45) is 5.73 Å². The third kappa shape index (κ3) is 4.44. The Morgan fingerprint density at radius 2 is 2.24 bits per heavy atom. The third-order valence-electron chi connectivity index (χ3n) is 2.39. The summed E-state index contributed by atoms with van der Waals surface area (Å²) in [6, 6.07) is 5.64. The van der Waals surface area contributed by atoms with Crippen molar-refractivity contribution in [1.82, 2.24) is 0 Å². The Labute approximate surface area is 102 Å². The van der Waals surface area contributed by atoms with Crippen LogP contribution in [-0.4, -0.2) is 19.1 Å².